The first-order valence-electron chi connectivity index (χ1n) is 5.83. The number of hydrogen-bond donors (Lipinski definition) is 1. The Bertz CT molecular complexity index is 310. The molecule has 0 aromatic heterocycles. The highest BCUT2D eigenvalue weighted by Gasteiger charge is 2.62. The van der Waals surface area contributed by atoms with Gasteiger partial charge >= 0.3 is 18.3 Å². The second kappa shape index (κ2) is 6.61. The van der Waals surface area contributed by atoms with Gasteiger partial charge < -0.3 is 14.4 Å². The van der Waals surface area contributed by atoms with Gasteiger partial charge in [0.2, 0.25) is 5.92 Å². The van der Waals surface area contributed by atoms with Gasteiger partial charge in [0, 0.05) is 0 Å². The Morgan fingerprint density at radius 2 is 1.60 bits per heavy atom. The molecule has 118 valence electrons. The predicted molar refractivity (Wildman–Crippen MR) is 52.9 cm³/mol. The molecule has 1 aliphatic rings. The van der Waals surface area contributed by atoms with E-state index in [9.17, 15) is 31.1 Å². The molecule has 1 heterocycles. The second-order valence-corrected chi connectivity index (χ2v) is 4.30. The van der Waals surface area contributed by atoms with E-state index in [-0.39, 0.29) is 6.54 Å². The standard InChI is InChI=1S/C10H13F6NO3/c11-9(12,13)7(10(14,15)16)8(18)20-6-3-17-1-4-19-5-2-17/h7H,1-6H2/p+1. The molecule has 0 aromatic rings. The summed E-state index contributed by atoms with van der Waals surface area (Å²) in [6.45, 7) is 1.71. The number of esters is 1. The van der Waals surface area contributed by atoms with E-state index in [1.807, 2.05) is 0 Å². The minimum absolute atomic E-state index is 0.150. The molecule has 4 nitrogen and oxygen atoms in total. The molecule has 0 atom stereocenters. The first kappa shape index (κ1) is 17.0. The maximum absolute atomic E-state index is 12.2. The molecule has 1 saturated heterocycles. The molecule has 20 heavy (non-hydrogen) atoms. The van der Waals surface area contributed by atoms with Gasteiger partial charge in [0.15, 0.2) is 0 Å². The number of rotatable bonds is 4. The summed E-state index contributed by atoms with van der Waals surface area (Å²) in [5, 5.41) is 0. The van der Waals surface area contributed by atoms with Gasteiger partial charge in [-0.2, -0.15) is 26.3 Å². The van der Waals surface area contributed by atoms with Crippen molar-refractivity contribution in [1.82, 2.24) is 0 Å². The van der Waals surface area contributed by atoms with Crippen molar-refractivity contribution in [1.29, 1.82) is 0 Å². The Morgan fingerprint density at radius 1 is 1.10 bits per heavy atom. The third-order valence-electron chi connectivity index (χ3n) is 2.79. The molecule has 0 spiro atoms. The van der Waals surface area contributed by atoms with Gasteiger partial charge in [-0.25, -0.2) is 0 Å². The highest BCUT2D eigenvalue weighted by molar-refractivity contribution is 5.74. The lowest BCUT2D eigenvalue weighted by Gasteiger charge is -2.24. The Hall–Kier alpha value is -1.03. The van der Waals surface area contributed by atoms with Crippen LogP contribution in [0.15, 0.2) is 0 Å². The van der Waals surface area contributed by atoms with Crippen molar-refractivity contribution in [2.45, 2.75) is 12.4 Å². The molecule has 0 radical (unpaired) electrons. The Labute approximate surface area is 110 Å². The van der Waals surface area contributed by atoms with Gasteiger partial charge in [-0.1, -0.05) is 0 Å². The molecule has 10 heteroatoms. The van der Waals surface area contributed by atoms with Crippen LogP contribution in [-0.2, 0) is 14.3 Å². The minimum Gasteiger partial charge on any atom is -0.459 e. The fourth-order valence-electron chi connectivity index (χ4n) is 1.74. The van der Waals surface area contributed by atoms with E-state index in [1.165, 1.54) is 0 Å². The van der Waals surface area contributed by atoms with E-state index in [0.717, 1.165) is 4.90 Å². The van der Waals surface area contributed by atoms with Crippen molar-refractivity contribution in [2.24, 2.45) is 5.92 Å². The van der Waals surface area contributed by atoms with Crippen LogP contribution in [0.5, 0.6) is 0 Å². The Kier molecular flexibility index (Phi) is 5.63. The maximum atomic E-state index is 12.2. The molecule has 0 amide bonds. The van der Waals surface area contributed by atoms with Gasteiger partial charge in [-0.3, -0.25) is 4.79 Å². The summed E-state index contributed by atoms with van der Waals surface area (Å²) in [4.78, 5) is 11.9. The lowest BCUT2D eigenvalue weighted by molar-refractivity contribution is -0.908. The largest absolute Gasteiger partial charge is 0.459 e. The molecule has 1 fully saturated rings. The molecular formula is C10H14F6NO3+. The average molecular weight is 310 g/mol. The number of hydrogen-bond acceptors (Lipinski definition) is 3. The summed E-state index contributed by atoms with van der Waals surface area (Å²) in [6.07, 6.45) is -11.4. The van der Waals surface area contributed by atoms with E-state index in [1.54, 1.807) is 0 Å². The van der Waals surface area contributed by atoms with Gasteiger partial charge in [0.05, 0.1) is 13.2 Å². The zero-order chi connectivity index (χ0) is 15.4. The third kappa shape index (κ3) is 5.16. The molecule has 1 rings (SSSR count). The number of alkyl halides is 6. The summed E-state index contributed by atoms with van der Waals surface area (Å²) < 4.78 is 82.4. The Morgan fingerprint density at radius 3 is 2.05 bits per heavy atom. The number of quaternary nitrogens is 1. The quantitative estimate of drug-likeness (QED) is 0.595. The summed E-state index contributed by atoms with van der Waals surface area (Å²) in [7, 11) is 0. The topological polar surface area (TPSA) is 40.0 Å². The number of carbonyl (C=O) groups is 1. The molecule has 0 bridgehead atoms. The molecule has 1 aliphatic heterocycles. The number of carbonyl (C=O) groups excluding carboxylic acids is 1. The van der Waals surface area contributed by atoms with Crippen molar-refractivity contribution in [3.05, 3.63) is 0 Å². The highest BCUT2D eigenvalue weighted by Crippen LogP contribution is 2.39. The summed E-state index contributed by atoms with van der Waals surface area (Å²) in [6, 6.07) is 0. The van der Waals surface area contributed by atoms with E-state index in [2.05, 4.69) is 4.74 Å². The maximum Gasteiger partial charge on any atom is 0.411 e. The van der Waals surface area contributed by atoms with Gasteiger partial charge in [-0.05, 0) is 0 Å². The van der Waals surface area contributed by atoms with E-state index < -0.39 is 30.8 Å². The van der Waals surface area contributed by atoms with Crippen LogP contribution in [0, 0.1) is 5.92 Å². The van der Waals surface area contributed by atoms with Crippen LogP contribution < -0.4 is 4.90 Å². The smallest absolute Gasteiger partial charge is 0.411 e. The summed E-state index contributed by atoms with van der Waals surface area (Å²) >= 11 is 0. The van der Waals surface area contributed by atoms with E-state index in [0.29, 0.717) is 26.3 Å². The van der Waals surface area contributed by atoms with Crippen molar-refractivity contribution < 1.29 is 45.5 Å². The summed E-state index contributed by atoms with van der Waals surface area (Å²) in [5.41, 5.74) is 0. The lowest BCUT2D eigenvalue weighted by Crippen LogP contribution is -3.14. The minimum atomic E-state index is -5.71. The van der Waals surface area contributed by atoms with Crippen molar-refractivity contribution in [3.8, 4) is 0 Å². The number of nitrogens with one attached hydrogen (secondary N) is 1. The van der Waals surface area contributed by atoms with Crippen LogP contribution in [-0.4, -0.2) is 57.8 Å². The fourth-order valence-corrected chi connectivity index (χ4v) is 1.74. The van der Waals surface area contributed by atoms with Gasteiger partial charge in [0.25, 0.3) is 0 Å². The lowest BCUT2D eigenvalue weighted by atomic mass is 10.1. The number of ether oxygens (including phenoxy) is 2. The first-order chi connectivity index (χ1) is 9.12. The number of halogens is 6. The average Bonchev–Trinajstić information content (AvgIpc) is 2.26. The molecule has 0 aliphatic carbocycles. The fraction of sp³-hybridized carbons (Fsp3) is 0.900. The van der Waals surface area contributed by atoms with Crippen LogP contribution in [0.4, 0.5) is 26.3 Å². The zero-order valence-electron chi connectivity index (χ0n) is 10.3. The summed E-state index contributed by atoms with van der Waals surface area (Å²) in [5.74, 6) is -6.40. The third-order valence-corrected chi connectivity index (χ3v) is 2.79. The predicted octanol–water partition coefficient (Wildman–Crippen LogP) is 0.185. The van der Waals surface area contributed by atoms with E-state index in [4.69, 9.17) is 4.74 Å². The second-order valence-electron chi connectivity index (χ2n) is 4.30. The number of morpholine rings is 1. The van der Waals surface area contributed by atoms with Gasteiger partial charge in [-0.15, -0.1) is 0 Å². The zero-order valence-corrected chi connectivity index (χ0v) is 10.3. The van der Waals surface area contributed by atoms with Crippen molar-refractivity contribution in [2.75, 3.05) is 39.5 Å². The first-order valence-corrected chi connectivity index (χ1v) is 5.83. The van der Waals surface area contributed by atoms with Crippen molar-refractivity contribution >= 4 is 5.97 Å². The van der Waals surface area contributed by atoms with Crippen LogP contribution in [0.2, 0.25) is 0 Å². The monoisotopic (exact) mass is 310 g/mol. The van der Waals surface area contributed by atoms with E-state index >= 15 is 0 Å². The van der Waals surface area contributed by atoms with Crippen molar-refractivity contribution in [3.63, 3.8) is 0 Å². The van der Waals surface area contributed by atoms with Crippen LogP contribution >= 0.6 is 0 Å². The molecule has 0 saturated carbocycles. The SMILES string of the molecule is O=C(OCC[NH+]1CCOCC1)C(C(F)(F)F)C(F)(F)F. The molecule has 0 unspecified atom stereocenters. The van der Waals surface area contributed by atoms with Crippen LogP contribution in [0.3, 0.4) is 0 Å². The van der Waals surface area contributed by atoms with Crippen LogP contribution in [0.1, 0.15) is 0 Å². The molecular weight excluding hydrogens is 296 g/mol. The van der Waals surface area contributed by atoms with Crippen LogP contribution in [0.25, 0.3) is 0 Å². The highest BCUT2D eigenvalue weighted by atomic mass is 19.4. The van der Waals surface area contributed by atoms with Gasteiger partial charge in [0.1, 0.15) is 26.2 Å². The molecule has 1 N–H and O–H groups in total. The normalized spacial score (nSPS) is 18.4. The molecule has 0 aromatic carbocycles. The Balaban J connectivity index is 2.46.